The van der Waals surface area contributed by atoms with Gasteiger partial charge in [-0.1, -0.05) is 6.07 Å². The summed E-state index contributed by atoms with van der Waals surface area (Å²) in [7, 11) is 1.79. The number of phenols is 1. The maximum atomic E-state index is 9.65. The fourth-order valence-corrected chi connectivity index (χ4v) is 2.38. The lowest BCUT2D eigenvalue weighted by Gasteiger charge is -2.29. The Balaban J connectivity index is 1.91. The van der Waals surface area contributed by atoms with Crippen molar-refractivity contribution in [1.29, 1.82) is 0 Å². The monoisotopic (exact) mass is 235 g/mol. The first kappa shape index (κ1) is 12.2. The van der Waals surface area contributed by atoms with Crippen LogP contribution in [0.5, 0.6) is 5.75 Å². The SMILES string of the molecule is COC1CCC(Nc2ccc(C)c(O)c2)CC1. The second-order valence-corrected chi connectivity index (χ2v) is 4.85. The largest absolute Gasteiger partial charge is 0.508 e. The van der Waals surface area contributed by atoms with Crippen LogP contribution in [0.15, 0.2) is 18.2 Å². The number of hydrogen-bond donors (Lipinski definition) is 2. The lowest BCUT2D eigenvalue weighted by molar-refractivity contribution is 0.0682. The van der Waals surface area contributed by atoms with Crippen molar-refractivity contribution < 1.29 is 9.84 Å². The molecule has 1 aromatic carbocycles. The fourth-order valence-electron chi connectivity index (χ4n) is 2.38. The summed E-state index contributed by atoms with van der Waals surface area (Å²) >= 11 is 0. The molecule has 1 aromatic rings. The number of ether oxygens (including phenoxy) is 1. The summed E-state index contributed by atoms with van der Waals surface area (Å²) in [5, 5.41) is 13.1. The van der Waals surface area contributed by atoms with E-state index < -0.39 is 0 Å². The van der Waals surface area contributed by atoms with Gasteiger partial charge < -0.3 is 15.2 Å². The van der Waals surface area contributed by atoms with Crippen molar-refractivity contribution in [3.63, 3.8) is 0 Å². The van der Waals surface area contributed by atoms with Crippen LogP contribution in [-0.4, -0.2) is 24.4 Å². The topological polar surface area (TPSA) is 41.5 Å². The molecule has 1 fully saturated rings. The van der Waals surface area contributed by atoms with E-state index in [4.69, 9.17) is 4.74 Å². The van der Waals surface area contributed by atoms with Crippen LogP contribution >= 0.6 is 0 Å². The summed E-state index contributed by atoms with van der Waals surface area (Å²) in [6.07, 6.45) is 4.93. The number of rotatable bonds is 3. The number of hydrogen-bond acceptors (Lipinski definition) is 3. The van der Waals surface area contributed by atoms with Crippen LogP contribution in [0.3, 0.4) is 0 Å². The van der Waals surface area contributed by atoms with Crippen LogP contribution in [0.4, 0.5) is 5.69 Å². The van der Waals surface area contributed by atoms with Gasteiger partial charge in [0, 0.05) is 24.9 Å². The smallest absolute Gasteiger partial charge is 0.120 e. The second kappa shape index (κ2) is 5.41. The van der Waals surface area contributed by atoms with Crippen molar-refractivity contribution in [2.24, 2.45) is 0 Å². The quantitative estimate of drug-likeness (QED) is 0.846. The zero-order chi connectivity index (χ0) is 12.3. The van der Waals surface area contributed by atoms with Crippen LogP contribution in [0.2, 0.25) is 0 Å². The maximum Gasteiger partial charge on any atom is 0.120 e. The Morgan fingerprint density at radius 2 is 1.94 bits per heavy atom. The van der Waals surface area contributed by atoms with Crippen molar-refractivity contribution >= 4 is 5.69 Å². The second-order valence-electron chi connectivity index (χ2n) is 4.85. The van der Waals surface area contributed by atoms with E-state index in [0.29, 0.717) is 17.9 Å². The molecular weight excluding hydrogens is 214 g/mol. The minimum atomic E-state index is 0.362. The molecule has 0 aliphatic heterocycles. The molecule has 0 bridgehead atoms. The number of aromatic hydroxyl groups is 1. The predicted octanol–water partition coefficient (Wildman–Crippen LogP) is 3.07. The Morgan fingerprint density at radius 1 is 1.24 bits per heavy atom. The minimum absolute atomic E-state index is 0.362. The third kappa shape index (κ3) is 3.13. The molecule has 1 saturated carbocycles. The Hall–Kier alpha value is -1.22. The number of benzene rings is 1. The summed E-state index contributed by atoms with van der Waals surface area (Å²) in [5.74, 6) is 0.362. The highest BCUT2D eigenvalue weighted by Crippen LogP contribution is 2.26. The van der Waals surface area contributed by atoms with Gasteiger partial charge in [-0.3, -0.25) is 0 Å². The fraction of sp³-hybridized carbons (Fsp3) is 0.571. The number of anilines is 1. The molecule has 1 aliphatic rings. The van der Waals surface area contributed by atoms with Gasteiger partial charge in [0.25, 0.3) is 0 Å². The Morgan fingerprint density at radius 3 is 2.53 bits per heavy atom. The summed E-state index contributed by atoms with van der Waals surface area (Å²) in [6, 6.07) is 6.27. The Kier molecular flexibility index (Phi) is 3.89. The molecule has 0 radical (unpaired) electrons. The van der Waals surface area contributed by atoms with Gasteiger partial charge in [0.1, 0.15) is 5.75 Å². The highest BCUT2D eigenvalue weighted by atomic mass is 16.5. The molecule has 3 heteroatoms. The molecule has 0 saturated heterocycles. The first-order valence-electron chi connectivity index (χ1n) is 6.28. The lowest BCUT2D eigenvalue weighted by atomic mass is 9.93. The molecule has 0 heterocycles. The molecule has 3 nitrogen and oxygen atoms in total. The minimum Gasteiger partial charge on any atom is -0.508 e. The van der Waals surface area contributed by atoms with Gasteiger partial charge in [-0.2, -0.15) is 0 Å². The molecular formula is C14H21NO2. The van der Waals surface area contributed by atoms with Crippen LogP contribution in [0.25, 0.3) is 0 Å². The molecule has 0 spiro atoms. The highest BCUT2D eigenvalue weighted by molar-refractivity contribution is 5.51. The van der Waals surface area contributed by atoms with Crippen molar-refractivity contribution in [2.45, 2.75) is 44.8 Å². The van der Waals surface area contributed by atoms with Crippen molar-refractivity contribution in [1.82, 2.24) is 0 Å². The zero-order valence-corrected chi connectivity index (χ0v) is 10.6. The highest BCUT2D eigenvalue weighted by Gasteiger charge is 2.20. The van der Waals surface area contributed by atoms with Crippen molar-refractivity contribution in [3.05, 3.63) is 23.8 Å². The van der Waals surface area contributed by atoms with Crippen LogP contribution in [0, 0.1) is 6.92 Å². The van der Waals surface area contributed by atoms with Crippen LogP contribution in [0.1, 0.15) is 31.2 Å². The van der Waals surface area contributed by atoms with E-state index in [9.17, 15) is 5.11 Å². The standard InChI is InChI=1S/C14H21NO2/c1-10-3-4-12(9-14(10)16)15-11-5-7-13(17-2)8-6-11/h3-4,9,11,13,15-16H,5-8H2,1-2H3. The van der Waals surface area contributed by atoms with E-state index in [2.05, 4.69) is 5.32 Å². The molecule has 0 unspecified atom stereocenters. The van der Waals surface area contributed by atoms with E-state index in [0.717, 1.165) is 36.9 Å². The van der Waals surface area contributed by atoms with Gasteiger partial charge in [-0.25, -0.2) is 0 Å². The Bertz CT molecular complexity index is 370. The molecule has 94 valence electrons. The Labute approximate surface area is 103 Å². The maximum absolute atomic E-state index is 9.65. The molecule has 1 aliphatic carbocycles. The molecule has 2 N–H and O–H groups in total. The zero-order valence-electron chi connectivity index (χ0n) is 10.6. The third-order valence-corrected chi connectivity index (χ3v) is 3.59. The molecule has 0 amide bonds. The first-order chi connectivity index (χ1) is 8.19. The number of aryl methyl sites for hydroxylation is 1. The third-order valence-electron chi connectivity index (χ3n) is 3.59. The number of methoxy groups -OCH3 is 1. The van der Waals surface area contributed by atoms with E-state index in [1.165, 1.54) is 0 Å². The molecule has 0 atom stereocenters. The van der Waals surface area contributed by atoms with E-state index in [1.54, 1.807) is 13.2 Å². The molecule has 0 aromatic heterocycles. The molecule has 2 rings (SSSR count). The summed E-state index contributed by atoms with van der Waals surface area (Å²) in [5.41, 5.74) is 1.92. The number of phenolic OH excluding ortho intramolecular Hbond substituents is 1. The van der Waals surface area contributed by atoms with Gasteiger partial charge in [0.15, 0.2) is 0 Å². The summed E-state index contributed by atoms with van der Waals surface area (Å²) in [6.45, 7) is 1.91. The normalized spacial score (nSPS) is 24.6. The number of nitrogens with one attached hydrogen (secondary N) is 1. The van der Waals surface area contributed by atoms with Crippen LogP contribution in [-0.2, 0) is 4.74 Å². The average molecular weight is 235 g/mol. The van der Waals surface area contributed by atoms with Gasteiger partial charge in [0.05, 0.1) is 6.10 Å². The summed E-state index contributed by atoms with van der Waals surface area (Å²) < 4.78 is 5.36. The van der Waals surface area contributed by atoms with Gasteiger partial charge in [0.2, 0.25) is 0 Å². The summed E-state index contributed by atoms with van der Waals surface area (Å²) in [4.78, 5) is 0. The van der Waals surface area contributed by atoms with Gasteiger partial charge in [-0.05, 0) is 44.2 Å². The van der Waals surface area contributed by atoms with E-state index in [1.807, 2.05) is 19.1 Å². The lowest BCUT2D eigenvalue weighted by Crippen LogP contribution is -2.29. The van der Waals surface area contributed by atoms with Crippen molar-refractivity contribution in [2.75, 3.05) is 12.4 Å². The van der Waals surface area contributed by atoms with Crippen LogP contribution < -0.4 is 5.32 Å². The predicted molar refractivity (Wildman–Crippen MR) is 69.5 cm³/mol. The molecule has 17 heavy (non-hydrogen) atoms. The van der Waals surface area contributed by atoms with E-state index in [-0.39, 0.29) is 0 Å². The van der Waals surface area contributed by atoms with Gasteiger partial charge >= 0.3 is 0 Å². The van der Waals surface area contributed by atoms with E-state index >= 15 is 0 Å². The van der Waals surface area contributed by atoms with Gasteiger partial charge in [-0.15, -0.1) is 0 Å². The first-order valence-corrected chi connectivity index (χ1v) is 6.28. The average Bonchev–Trinajstić information content (AvgIpc) is 2.35. The van der Waals surface area contributed by atoms with Crippen molar-refractivity contribution in [3.8, 4) is 5.75 Å².